The molecule has 0 aromatic heterocycles. The van der Waals surface area contributed by atoms with E-state index < -0.39 is 27.9 Å². The van der Waals surface area contributed by atoms with Crippen LogP contribution in [-0.4, -0.2) is 33.3 Å². The van der Waals surface area contributed by atoms with E-state index in [1.807, 2.05) is 0 Å². The lowest BCUT2D eigenvalue weighted by atomic mass is 10.2. The number of amides is 1. The first-order chi connectivity index (χ1) is 12.1. The molecule has 0 fully saturated rings. The number of para-hydroxylation sites is 1. The molecule has 0 aliphatic heterocycles. The summed E-state index contributed by atoms with van der Waals surface area (Å²) in [6.45, 7) is 0. The highest BCUT2D eigenvalue weighted by atomic mass is 32.2. The predicted octanol–water partition coefficient (Wildman–Crippen LogP) is 3.50. The predicted molar refractivity (Wildman–Crippen MR) is 93.9 cm³/mol. The fourth-order valence-corrected chi connectivity index (χ4v) is 3.52. The molecule has 0 atom stereocenters. The Bertz CT molecular complexity index is 900. The van der Waals surface area contributed by atoms with Crippen LogP contribution in [0.5, 0.6) is 0 Å². The van der Waals surface area contributed by atoms with E-state index in [-0.39, 0.29) is 21.0 Å². The summed E-state index contributed by atoms with van der Waals surface area (Å²) in [7, 11) is -2.47. The van der Waals surface area contributed by atoms with Crippen LogP contribution in [0.3, 0.4) is 0 Å². The van der Waals surface area contributed by atoms with Crippen LogP contribution < -0.4 is 10.0 Å². The zero-order valence-electron chi connectivity index (χ0n) is 13.5. The van der Waals surface area contributed by atoms with Crippen LogP contribution in [0.15, 0.2) is 58.3 Å². The smallest absolute Gasteiger partial charge is 0.321 e. The molecule has 140 valence electrons. The number of nitrogens with one attached hydrogen (secondary N) is 2. The van der Waals surface area contributed by atoms with Gasteiger partial charge in [0.15, 0.2) is 0 Å². The maximum atomic E-state index is 12.4. The summed E-state index contributed by atoms with van der Waals surface area (Å²) in [6.07, 6.45) is -4.34. The highest BCUT2D eigenvalue weighted by molar-refractivity contribution is 7.99. The van der Waals surface area contributed by atoms with E-state index >= 15 is 0 Å². The van der Waals surface area contributed by atoms with Crippen molar-refractivity contribution in [3.63, 3.8) is 0 Å². The quantitative estimate of drug-likeness (QED) is 0.723. The van der Waals surface area contributed by atoms with Crippen LogP contribution in [0.2, 0.25) is 0 Å². The molecule has 0 saturated heterocycles. The molecule has 0 aliphatic carbocycles. The van der Waals surface area contributed by atoms with Gasteiger partial charge in [0, 0.05) is 10.5 Å². The third-order valence-electron chi connectivity index (χ3n) is 3.20. The normalized spacial score (nSPS) is 12.0. The van der Waals surface area contributed by atoms with Crippen LogP contribution >= 0.6 is 11.8 Å². The summed E-state index contributed by atoms with van der Waals surface area (Å²) >= 11 is 0.557. The molecule has 0 heterocycles. The number of alkyl halides is 3. The van der Waals surface area contributed by atoms with Gasteiger partial charge in [0.05, 0.1) is 16.3 Å². The fourth-order valence-electron chi connectivity index (χ4n) is 1.97. The van der Waals surface area contributed by atoms with Crippen molar-refractivity contribution in [2.75, 3.05) is 18.1 Å². The molecule has 0 saturated carbocycles. The van der Waals surface area contributed by atoms with E-state index in [0.717, 1.165) is 0 Å². The summed E-state index contributed by atoms with van der Waals surface area (Å²) in [5, 5.41) is 2.52. The number of thioether (sulfide) groups is 1. The summed E-state index contributed by atoms with van der Waals surface area (Å²) in [6, 6.07) is 11.4. The molecule has 0 aliphatic rings. The number of anilines is 1. The lowest BCUT2D eigenvalue weighted by Crippen LogP contribution is -2.19. The molecule has 2 aromatic carbocycles. The van der Waals surface area contributed by atoms with Gasteiger partial charge in [-0.25, -0.2) is 13.1 Å². The van der Waals surface area contributed by atoms with Crippen molar-refractivity contribution in [1.82, 2.24) is 4.72 Å². The van der Waals surface area contributed by atoms with Crippen LogP contribution in [0.25, 0.3) is 0 Å². The van der Waals surface area contributed by atoms with Crippen LogP contribution in [0.4, 0.5) is 18.9 Å². The van der Waals surface area contributed by atoms with Gasteiger partial charge in [-0.05, 0) is 37.4 Å². The van der Waals surface area contributed by atoms with Crippen LogP contribution in [0.1, 0.15) is 10.4 Å². The number of hydrogen-bond donors (Lipinski definition) is 2. The van der Waals surface area contributed by atoms with E-state index in [2.05, 4.69) is 10.0 Å². The Morgan fingerprint density at radius 1 is 1.12 bits per heavy atom. The number of benzene rings is 2. The Morgan fingerprint density at radius 3 is 2.46 bits per heavy atom. The van der Waals surface area contributed by atoms with Crippen molar-refractivity contribution < 1.29 is 26.4 Å². The molecule has 5 nitrogen and oxygen atoms in total. The average Bonchev–Trinajstić information content (AvgIpc) is 2.60. The molecule has 2 aromatic rings. The Morgan fingerprint density at radius 2 is 1.81 bits per heavy atom. The molecule has 0 spiro atoms. The largest absolute Gasteiger partial charge is 0.398 e. The number of carbonyl (C=O) groups is 1. The molecule has 10 heteroatoms. The van der Waals surface area contributed by atoms with Crippen molar-refractivity contribution in [3.8, 4) is 0 Å². The molecule has 0 unspecified atom stereocenters. The van der Waals surface area contributed by atoms with Gasteiger partial charge in [-0.2, -0.15) is 13.2 Å². The van der Waals surface area contributed by atoms with Gasteiger partial charge in [0.2, 0.25) is 10.0 Å². The summed E-state index contributed by atoms with van der Waals surface area (Å²) in [5.41, 5.74) is 0.283. The zero-order valence-corrected chi connectivity index (χ0v) is 15.1. The molecule has 0 bridgehead atoms. The van der Waals surface area contributed by atoms with Crippen molar-refractivity contribution in [1.29, 1.82) is 0 Å². The summed E-state index contributed by atoms with van der Waals surface area (Å²) < 4.78 is 63.0. The van der Waals surface area contributed by atoms with E-state index in [0.29, 0.717) is 11.8 Å². The second-order valence-corrected chi connectivity index (χ2v) is 7.99. The van der Waals surface area contributed by atoms with Gasteiger partial charge in [-0.1, -0.05) is 18.2 Å². The molecular weight excluding hydrogens is 389 g/mol. The topological polar surface area (TPSA) is 75.3 Å². The van der Waals surface area contributed by atoms with Crippen molar-refractivity contribution in [2.45, 2.75) is 16.0 Å². The molecular formula is C16H15F3N2O3S2. The Hall–Kier alpha value is -2.04. The van der Waals surface area contributed by atoms with Gasteiger partial charge < -0.3 is 5.32 Å². The van der Waals surface area contributed by atoms with Crippen LogP contribution in [-0.2, 0) is 10.0 Å². The minimum atomic E-state index is -4.34. The molecule has 1 amide bonds. The average molecular weight is 404 g/mol. The van der Waals surface area contributed by atoms with E-state index in [4.69, 9.17) is 0 Å². The Kier molecular flexibility index (Phi) is 6.32. The van der Waals surface area contributed by atoms with Crippen molar-refractivity contribution >= 4 is 33.4 Å². The van der Waals surface area contributed by atoms with Gasteiger partial charge in [-0.15, -0.1) is 11.8 Å². The second kappa shape index (κ2) is 8.11. The van der Waals surface area contributed by atoms with E-state index in [9.17, 15) is 26.4 Å². The Labute approximate surface area is 153 Å². The summed E-state index contributed by atoms with van der Waals surface area (Å²) in [4.78, 5) is 12.5. The fraction of sp³-hybridized carbons (Fsp3) is 0.188. The van der Waals surface area contributed by atoms with E-state index in [1.54, 1.807) is 12.1 Å². The van der Waals surface area contributed by atoms with Gasteiger partial charge >= 0.3 is 6.18 Å². The number of rotatable bonds is 6. The lowest BCUT2D eigenvalue weighted by molar-refractivity contribution is -0.105. The van der Waals surface area contributed by atoms with Gasteiger partial charge in [0.25, 0.3) is 5.91 Å². The van der Waals surface area contributed by atoms with Crippen LogP contribution in [0, 0.1) is 0 Å². The number of sulfonamides is 1. The molecule has 0 radical (unpaired) electrons. The first-order valence-corrected chi connectivity index (χ1v) is 9.73. The van der Waals surface area contributed by atoms with Gasteiger partial charge in [0.1, 0.15) is 0 Å². The van der Waals surface area contributed by atoms with E-state index in [1.165, 1.54) is 43.4 Å². The zero-order chi connectivity index (χ0) is 19.4. The minimum absolute atomic E-state index is 0.0666. The highest BCUT2D eigenvalue weighted by Gasteiger charge is 2.27. The van der Waals surface area contributed by atoms with Crippen molar-refractivity contribution in [2.24, 2.45) is 0 Å². The molecule has 2 N–H and O–H groups in total. The number of halogens is 3. The second-order valence-electron chi connectivity index (χ2n) is 5.09. The maximum absolute atomic E-state index is 12.4. The SMILES string of the molecule is CNS(=O)(=O)c1cccc(C(=O)Nc2ccccc2SCC(F)(F)F)c1. The number of carbonyl (C=O) groups excluding carboxylic acids is 1. The Balaban J connectivity index is 2.22. The molecule has 26 heavy (non-hydrogen) atoms. The molecule has 2 rings (SSSR count). The maximum Gasteiger partial charge on any atom is 0.398 e. The van der Waals surface area contributed by atoms with Crippen molar-refractivity contribution in [3.05, 3.63) is 54.1 Å². The lowest BCUT2D eigenvalue weighted by Gasteiger charge is -2.12. The monoisotopic (exact) mass is 404 g/mol. The minimum Gasteiger partial charge on any atom is -0.321 e. The number of hydrogen-bond acceptors (Lipinski definition) is 4. The first-order valence-electron chi connectivity index (χ1n) is 7.26. The standard InChI is InChI=1S/C16H15F3N2O3S2/c1-20-26(23,24)12-6-4-5-11(9-12)15(22)21-13-7-2-3-8-14(13)25-10-16(17,18)19/h2-9,20H,10H2,1H3,(H,21,22). The first kappa shape index (κ1) is 20.3. The third kappa shape index (κ3) is 5.48. The van der Waals surface area contributed by atoms with Gasteiger partial charge in [-0.3, -0.25) is 4.79 Å². The summed E-state index contributed by atoms with van der Waals surface area (Å²) in [5.74, 6) is -1.71. The third-order valence-corrected chi connectivity index (χ3v) is 5.75. The highest BCUT2D eigenvalue weighted by Crippen LogP contribution is 2.32.